The van der Waals surface area contributed by atoms with Gasteiger partial charge in [0.15, 0.2) is 0 Å². The van der Waals surface area contributed by atoms with E-state index in [9.17, 15) is 0 Å². The minimum Gasteiger partial charge on any atom is -0.253 e. The zero-order valence-electron chi connectivity index (χ0n) is 10.2. The maximum atomic E-state index is 4.48. The van der Waals surface area contributed by atoms with Gasteiger partial charge in [-0.3, -0.25) is 9.97 Å². The van der Waals surface area contributed by atoms with E-state index in [1.165, 1.54) is 5.56 Å². The van der Waals surface area contributed by atoms with Gasteiger partial charge in [0.1, 0.15) is 0 Å². The van der Waals surface area contributed by atoms with Crippen LogP contribution >= 0.6 is 0 Å². The lowest BCUT2D eigenvalue weighted by Crippen LogP contribution is -2.20. The van der Waals surface area contributed by atoms with Crippen molar-refractivity contribution in [3.05, 3.63) is 36.2 Å². The van der Waals surface area contributed by atoms with E-state index in [1.54, 1.807) is 12.4 Å². The Bertz CT molecular complexity index is 482. The average Bonchev–Trinajstić information content (AvgIpc) is 2.37. The molecule has 2 rings (SSSR count). The molecule has 84 valence electrons. The fourth-order valence-electron chi connectivity index (χ4n) is 2.11. The number of hydrogen-bond donors (Lipinski definition) is 0. The summed E-state index contributed by atoms with van der Waals surface area (Å²) in [5.41, 5.74) is 3.57. The third-order valence-corrected chi connectivity index (χ3v) is 3.71. The van der Waals surface area contributed by atoms with Crippen molar-refractivity contribution in [3.63, 3.8) is 0 Å². The molecule has 0 spiro atoms. The van der Waals surface area contributed by atoms with E-state index in [0.29, 0.717) is 0 Å². The smallest absolute Gasteiger partial charge is 0.0924 e. The van der Waals surface area contributed by atoms with Crippen molar-refractivity contribution in [1.82, 2.24) is 9.97 Å². The van der Waals surface area contributed by atoms with E-state index < -0.39 is 0 Å². The molecule has 0 aliphatic rings. The summed E-state index contributed by atoms with van der Waals surface area (Å²) in [6.07, 6.45) is 5.78. The summed E-state index contributed by atoms with van der Waals surface area (Å²) in [5.74, 6) is 0. The van der Waals surface area contributed by atoms with Crippen molar-refractivity contribution >= 4 is 11.0 Å². The predicted octanol–water partition coefficient (Wildman–Crippen LogP) is 3.71. The molecule has 0 N–H and O–H groups in total. The van der Waals surface area contributed by atoms with E-state index >= 15 is 0 Å². The van der Waals surface area contributed by atoms with Crippen molar-refractivity contribution in [1.29, 1.82) is 0 Å². The number of hydrogen-bond acceptors (Lipinski definition) is 2. The molecule has 0 saturated carbocycles. The van der Waals surface area contributed by atoms with Gasteiger partial charge in [-0.1, -0.05) is 32.9 Å². The minimum atomic E-state index is 0.204. The van der Waals surface area contributed by atoms with Gasteiger partial charge in [0.2, 0.25) is 0 Å². The highest BCUT2D eigenvalue weighted by Gasteiger charge is 2.24. The fourth-order valence-corrected chi connectivity index (χ4v) is 2.11. The quantitative estimate of drug-likeness (QED) is 0.778. The zero-order chi connectivity index (χ0) is 11.6. The molecule has 0 atom stereocenters. The first kappa shape index (κ1) is 11.1. The molecular weight excluding hydrogens is 196 g/mol. The summed E-state index contributed by atoms with van der Waals surface area (Å²) < 4.78 is 0. The summed E-state index contributed by atoms with van der Waals surface area (Å²) in [4.78, 5) is 8.84. The van der Waals surface area contributed by atoms with Crippen LogP contribution in [0.25, 0.3) is 11.0 Å². The lowest BCUT2D eigenvalue weighted by atomic mass is 9.77. The van der Waals surface area contributed by atoms with E-state index in [2.05, 4.69) is 42.9 Å². The SMILES string of the molecule is CCC(C)(CC)c1cccc2nccnc12. The van der Waals surface area contributed by atoms with Crippen LogP contribution in [0, 0.1) is 0 Å². The Morgan fingerprint density at radius 3 is 2.44 bits per heavy atom. The van der Waals surface area contributed by atoms with Gasteiger partial charge in [0.25, 0.3) is 0 Å². The van der Waals surface area contributed by atoms with E-state index in [0.717, 1.165) is 23.9 Å². The van der Waals surface area contributed by atoms with Crippen LogP contribution in [0.4, 0.5) is 0 Å². The number of rotatable bonds is 3. The van der Waals surface area contributed by atoms with Crippen molar-refractivity contribution in [2.24, 2.45) is 0 Å². The third kappa shape index (κ3) is 1.69. The Morgan fingerprint density at radius 1 is 1.06 bits per heavy atom. The number of aromatic nitrogens is 2. The standard InChI is InChI=1S/C14H18N2/c1-4-14(3,5-2)11-7-6-8-12-13(11)16-10-9-15-12/h6-10H,4-5H2,1-3H3. The second-order valence-electron chi connectivity index (χ2n) is 4.50. The van der Waals surface area contributed by atoms with Crippen LogP contribution in [0.3, 0.4) is 0 Å². The van der Waals surface area contributed by atoms with Crippen LogP contribution in [0.15, 0.2) is 30.6 Å². The third-order valence-electron chi connectivity index (χ3n) is 3.71. The molecule has 0 radical (unpaired) electrons. The van der Waals surface area contributed by atoms with E-state index in [1.807, 2.05) is 6.07 Å². The Balaban J connectivity index is 2.69. The molecule has 2 heteroatoms. The first-order valence-electron chi connectivity index (χ1n) is 5.91. The van der Waals surface area contributed by atoms with Gasteiger partial charge in [0.05, 0.1) is 11.0 Å². The van der Waals surface area contributed by atoms with Gasteiger partial charge < -0.3 is 0 Å². The van der Waals surface area contributed by atoms with Gasteiger partial charge in [-0.05, 0) is 29.9 Å². The number of para-hydroxylation sites is 1. The van der Waals surface area contributed by atoms with Crippen molar-refractivity contribution in [3.8, 4) is 0 Å². The molecule has 2 aromatic rings. The first-order valence-corrected chi connectivity index (χ1v) is 5.91. The highest BCUT2D eigenvalue weighted by atomic mass is 14.8. The van der Waals surface area contributed by atoms with Gasteiger partial charge >= 0.3 is 0 Å². The minimum absolute atomic E-state index is 0.204. The molecule has 0 saturated heterocycles. The molecule has 1 heterocycles. The Labute approximate surface area is 96.7 Å². The molecule has 1 aromatic carbocycles. The summed E-state index contributed by atoms with van der Waals surface area (Å²) in [6.45, 7) is 6.77. The maximum absolute atomic E-state index is 4.48. The molecule has 0 unspecified atom stereocenters. The fraction of sp³-hybridized carbons (Fsp3) is 0.429. The molecule has 2 nitrogen and oxygen atoms in total. The lowest BCUT2D eigenvalue weighted by Gasteiger charge is -2.27. The van der Waals surface area contributed by atoms with Crippen LogP contribution < -0.4 is 0 Å². The normalized spacial score (nSPS) is 11.9. The van der Waals surface area contributed by atoms with Crippen molar-refractivity contribution in [2.75, 3.05) is 0 Å². The average molecular weight is 214 g/mol. The van der Waals surface area contributed by atoms with Gasteiger partial charge in [-0.2, -0.15) is 0 Å². The first-order chi connectivity index (χ1) is 7.71. The highest BCUT2D eigenvalue weighted by molar-refractivity contribution is 5.78. The molecule has 1 aromatic heterocycles. The van der Waals surface area contributed by atoms with Crippen molar-refractivity contribution < 1.29 is 0 Å². The number of benzene rings is 1. The Hall–Kier alpha value is -1.44. The second-order valence-corrected chi connectivity index (χ2v) is 4.50. The molecule has 0 amide bonds. The van der Waals surface area contributed by atoms with Crippen LogP contribution in [-0.2, 0) is 5.41 Å². The molecule has 0 bridgehead atoms. The maximum Gasteiger partial charge on any atom is 0.0924 e. The molecular formula is C14H18N2. The molecule has 0 fully saturated rings. The van der Waals surface area contributed by atoms with Gasteiger partial charge in [0, 0.05) is 12.4 Å². The van der Waals surface area contributed by atoms with Crippen LogP contribution in [-0.4, -0.2) is 9.97 Å². The van der Waals surface area contributed by atoms with Crippen LogP contribution in [0.2, 0.25) is 0 Å². The molecule has 0 aliphatic heterocycles. The van der Waals surface area contributed by atoms with Crippen LogP contribution in [0.1, 0.15) is 39.2 Å². The summed E-state index contributed by atoms with van der Waals surface area (Å²) in [5, 5.41) is 0. The molecule has 16 heavy (non-hydrogen) atoms. The summed E-state index contributed by atoms with van der Waals surface area (Å²) >= 11 is 0. The lowest BCUT2D eigenvalue weighted by molar-refractivity contribution is 0.442. The number of fused-ring (bicyclic) bond motifs is 1. The summed E-state index contributed by atoms with van der Waals surface area (Å²) in [7, 11) is 0. The topological polar surface area (TPSA) is 25.8 Å². The predicted molar refractivity (Wildman–Crippen MR) is 67.5 cm³/mol. The van der Waals surface area contributed by atoms with E-state index in [4.69, 9.17) is 0 Å². The molecule has 0 aliphatic carbocycles. The van der Waals surface area contributed by atoms with Crippen LogP contribution in [0.5, 0.6) is 0 Å². The van der Waals surface area contributed by atoms with Gasteiger partial charge in [-0.25, -0.2) is 0 Å². The Morgan fingerprint density at radius 2 is 1.75 bits per heavy atom. The summed E-state index contributed by atoms with van der Waals surface area (Å²) in [6, 6.07) is 6.29. The Kier molecular flexibility index (Phi) is 2.90. The monoisotopic (exact) mass is 214 g/mol. The zero-order valence-corrected chi connectivity index (χ0v) is 10.2. The number of nitrogens with zero attached hydrogens (tertiary/aromatic N) is 2. The van der Waals surface area contributed by atoms with E-state index in [-0.39, 0.29) is 5.41 Å². The van der Waals surface area contributed by atoms with Crippen molar-refractivity contribution in [2.45, 2.75) is 39.0 Å². The second kappa shape index (κ2) is 4.20. The highest BCUT2D eigenvalue weighted by Crippen LogP contribution is 2.34. The largest absolute Gasteiger partial charge is 0.253 e. The van der Waals surface area contributed by atoms with Gasteiger partial charge in [-0.15, -0.1) is 0 Å².